The van der Waals surface area contributed by atoms with Gasteiger partial charge in [0.2, 0.25) is 0 Å². The first kappa shape index (κ1) is 15.1. The Labute approximate surface area is 126 Å². The number of benzene rings is 2. The number of rotatable bonds is 7. The van der Waals surface area contributed by atoms with Gasteiger partial charge < -0.3 is 4.74 Å². The Morgan fingerprint density at radius 1 is 0.900 bits per heavy atom. The van der Waals surface area contributed by atoms with Gasteiger partial charge in [-0.25, -0.2) is 0 Å². The van der Waals surface area contributed by atoms with Crippen LogP contribution in [0.3, 0.4) is 0 Å². The first-order valence-corrected chi connectivity index (χ1v) is 7.99. The third kappa shape index (κ3) is 5.40. The molecule has 2 rings (SSSR count). The molecule has 0 heterocycles. The molecule has 0 unspecified atom stereocenters. The molecule has 2 heteroatoms. The van der Waals surface area contributed by atoms with Crippen LogP contribution >= 0.6 is 11.8 Å². The van der Waals surface area contributed by atoms with Crippen molar-refractivity contribution < 1.29 is 4.74 Å². The highest BCUT2D eigenvalue weighted by atomic mass is 32.2. The van der Waals surface area contributed by atoms with E-state index < -0.39 is 0 Å². The van der Waals surface area contributed by atoms with Gasteiger partial charge in [0, 0.05) is 10.1 Å². The molecule has 0 radical (unpaired) electrons. The van der Waals surface area contributed by atoms with Gasteiger partial charge in [-0.2, -0.15) is 0 Å². The van der Waals surface area contributed by atoms with Crippen LogP contribution in [0.2, 0.25) is 0 Å². The molecule has 20 heavy (non-hydrogen) atoms. The lowest BCUT2D eigenvalue weighted by atomic mass is 10.2. The van der Waals surface area contributed by atoms with Gasteiger partial charge in [0.05, 0.1) is 12.7 Å². The lowest BCUT2D eigenvalue weighted by Gasteiger charge is -2.18. The van der Waals surface area contributed by atoms with Crippen LogP contribution in [-0.4, -0.2) is 11.4 Å². The average Bonchev–Trinajstić information content (AvgIpc) is 2.47. The average molecular weight is 286 g/mol. The van der Waals surface area contributed by atoms with E-state index in [4.69, 9.17) is 4.74 Å². The zero-order chi connectivity index (χ0) is 14.2. The molecule has 106 valence electrons. The molecule has 0 saturated heterocycles. The van der Waals surface area contributed by atoms with Crippen molar-refractivity contribution >= 4 is 11.8 Å². The van der Waals surface area contributed by atoms with E-state index in [1.165, 1.54) is 10.5 Å². The summed E-state index contributed by atoms with van der Waals surface area (Å²) >= 11 is 1.91. The minimum absolute atomic E-state index is 0.279. The van der Waals surface area contributed by atoms with E-state index in [0.29, 0.717) is 11.9 Å². The summed E-state index contributed by atoms with van der Waals surface area (Å²) in [5.41, 5.74) is 1.24. The van der Waals surface area contributed by atoms with Gasteiger partial charge in [0.25, 0.3) is 0 Å². The molecule has 2 aromatic carbocycles. The molecule has 0 aliphatic carbocycles. The lowest BCUT2D eigenvalue weighted by Crippen LogP contribution is -2.13. The van der Waals surface area contributed by atoms with E-state index in [2.05, 4.69) is 68.4 Å². The highest BCUT2D eigenvalue weighted by Crippen LogP contribution is 2.26. The smallest absolute Gasteiger partial charge is 0.0720 e. The summed E-state index contributed by atoms with van der Waals surface area (Å²) in [5, 5.41) is 0.558. The van der Waals surface area contributed by atoms with Crippen LogP contribution < -0.4 is 0 Å². The maximum Gasteiger partial charge on any atom is 0.0720 e. The van der Waals surface area contributed by atoms with E-state index in [-0.39, 0.29) is 6.10 Å². The van der Waals surface area contributed by atoms with Gasteiger partial charge in [-0.3, -0.25) is 0 Å². The number of hydrogen-bond acceptors (Lipinski definition) is 2. The minimum atomic E-state index is 0.279. The second-order valence-corrected chi connectivity index (χ2v) is 6.60. The van der Waals surface area contributed by atoms with E-state index in [0.717, 1.165) is 6.42 Å². The summed E-state index contributed by atoms with van der Waals surface area (Å²) in [4.78, 5) is 1.33. The van der Waals surface area contributed by atoms with Crippen molar-refractivity contribution in [2.45, 2.75) is 43.1 Å². The van der Waals surface area contributed by atoms with E-state index >= 15 is 0 Å². The summed E-state index contributed by atoms with van der Waals surface area (Å²) < 4.78 is 5.92. The Morgan fingerprint density at radius 2 is 1.50 bits per heavy atom. The van der Waals surface area contributed by atoms with Crippen LogP contribution in [0.5, 0.6) is 0 Å². The van der Waals surface area contributed by atoms with E-state index in [9.17, 15) is 0 Å². The van der Waals surface area contributed by atoms with Gasteiger partial charge in [-0.05, 0) is 31.0 Å². The monoisotopic (exact) mass is 286 g/mol. The molecule has 1 nitrogen and oxygen atoms in total. The van der Waals surface area contributed by atoms with Crippen LogP contribution in [0.1, 0.15) is 25.8 Å². The summed E-state index contributed by atoms with van der Waals surface area (Å²) in [7, 11) is 0. The Bertz CT molecular complexity index is 483. The second-order valence-electron chi connectivity index (χ2n) is 5.08. The molecule has 0 saturated carbocycles. The fraction of sp³-hybridized carbons (Fsp3) is 0.333. The molecule has 2 atom stereocenters. The highest BCUT2D eigenvalue weighted by molar-refractivity contribution is 7.99. The summed E-state index contributed by atoms with van der Waals surface area (Å²) in [6.07, 6.45) is 1.34. The van der Waals surface area contributed by atoms with E-state index in [1.807, 2.05) is 17.8 Å². The normalized spacial score (nSPS) is 13.9. The molecular formula is C18H22OS. The standard InChI is InChI=1S/C18H22OS/c1-15(19-14-17-9-5-3-6-10-17)13-16(2)20-18-11-7-4-8-12-18/h3-12,15-16H,13-14H2,1-2H3/t15-,16-/m1/s1. The van der Waals surface area contributed by atoms with Crippen molar-refractivity contribution in [3.63, 3.8) is 0 Å². The Kier molecular flexibility index (Phi) is 6.16. The molecule has 0 aromatic heterocycles. The van der Waals surface area contributed by atoms with E-state index in [1.54, 1.807) is 0 Å². The molecule has 0 aliphatic heterocycles. The zero-order valence-electron chi connectivity index (χ0n) is 12.2. The first-order chi connectivity index (χ1) is 9.74. The molecule has 2 aromatic rings. The van der Waals surface area contributed by atoms with Crippen LogP contribution in [0.15, 0.2) is 65.6 Å². The maximum absolute atomic E-state index is 5.92. The fourth-order valence-corrected chi connectivity index (χ4v) is 3.27. The van der Waals surface area contributed by atoms with Gasteiger partial charge in [-0.15, -0.1) is 11.8 Å². The number of thioether (sulfide) groups is 1. The van der Waals surface area contributed by atoms with Crippen molar-refractivity contribution in [2.24, 2.45) is 0 Å². The van der Waals surface area contributed by atoms with Crippen LogP contribution in [0.25, 0.3) is 0 Å². The molecule has 0 bridgehead atoms. The second kappa shape index (κ2) is 8.13. The van der Waals surface area contributed by atoms with Gasteiger partial charge >= 0.3 is 0 Å². The molecule has 0 spiro atoms. The lowest BCUT2D eigenvalue weighted by molar-refractivity contribution is 0.0481. The SMILES string of the molecule is C[C@H](C[C@@H](C)Sc1ccccc1)OCc1ccccc1. The highest BCUT2D eigenvalue weighted by Gasteiger charge is 2.10. The maximum atomic E-state index is 5.92. The number of hydrogen-bond donors (Lipinski definition) is 0. The van der Waals surface area contributed by atoms with Crippen LogP contribution in [0.4, 0.5) is 0 Å². The minimum Gasteiger partial charge on any atom is -0.374 e. The van der Waals surface area contributed by atoms with Gasteiger partial charge in [0.1, 0.15) is 0 Å². The Balaban J connectivity index is 1.72. The predicted octanol–water partition coefficient (Wildman–Crippen LogP) is 5.16. The van der Waals surface area contributed by atoms with Crippen molar-refractivity contribution in [1.29, 1.82) is 0 Å². The van der Waals surface area contributed by atoms with Crippen molar-refractivity contribution in [3.05, 3.63) is 66.2 Å². The van der Waals surface area contributed by atoms with Crippen molar-refractivity contribution in [1.82, 2.24) is 0 Å². The quantitative estimate of drug-likeness (QED) is 0.650. The Morgan fingerprint density at radius 3 is 2.15 bits per heavy atom. The van der Waals surface area contributed by atoms with Crippen LogP contribution in [-0.2, 0) is 11.3 Å². The Hall–Kier alpha value is -1.25. The first-order valence-electron chi connectivity index (χ1n) is 7.11. The summed E-state index contributed by atoms with van der Waals surface area (Å²) in [6, 6.07) is 20.9. The van der Waals surface area contributed by atoms with Gasteiger partial charge in [0.15, 0.2) is 0 Å². The topological polar surface area (TPSA) is 9.23 Å². The summed E-state index contributed by atoms with van der Waals surface area (Å²) in [6.45, 7) is 5.12. The van der Waals surface area contributed by atoms with Crippen molar-refractivity contribution in [2.75, 3.05) is 0 Å². The molecule has 0 aliphatic rings. The third-order valence-corrected chi connectivity index (χ3v) is 4.26. The largest absolute Gasteiger partial charge is 0.374 e. The molecule has 0 N–H and O–H groups in total. The molecular weight excluding hydrogens is 264 g/mol. The van der Waals surface area contributed by atoms with Crippen LogP contribution in [0, 0.1) is 0 Å². The van der Waals surface area contributed by atoms with Gasteiger partial charge in [-0.1, -0.05) is 55.5 Å². The summed E-state index contributed by atoms with van der Waals surface area (Å²) in [5.74, 6) is 0. The number of ether oxygens (including phenoxy) is 1. The molecule has 0 amide bonds. The predicted molar refractivity (Wildman–Crippen MR) is 87.1 cm³/mol. The molecule has 0 fully saturated rings. The third-order valence-electron chi connectivity index (χ3n) is 3.12. The fourth-order valence-electron chi connectivity index (χ4n) is 2.13. The zero-order valence-corrected chi connectivity index (χ0v) is 13.0. The van der Waals surface area contributed by atoms with Crippen molar-refractivity contribution in [3.8, 4) is 0 Å².